The summed E-state index contributed by atoms with van der Waals surface area (Å²) >= 11 is 2.77. The van der Waals surface area contributed by atoms with Crippen LogP contribution in [0.4, 0.5) is 0 Å². The minimum absolute atomic E-state index is 0.112. The number of allylic oxidation sites excluding steroid dienone is 1. The van der Waals surface area contributed by atoms with Crippen LogP contribution in [0, 0.1) is 0 Å². The lowest BCUT2D eigenvalue weighted by molar-refractivity contribution is -0.127. The van der Waals surface area contributed by atoms with Crippen molar-refractivity contribution in [2.24, 2.45) is 4.99 Å². The quantitative estimate of drug-likeness (QED) is 0.665. The van der Waals surface area contributed by atoms with Crippen molar-refractivity contribution in [2.45, 2.75) is 19.4 Å². The van der Waals surface area contributed by atoms with Gasteiger partial charge in [-0.3, -0.25) is 9.59 Å². The highest BCUT2D eigenvalue weighted by Gasteiger charge is 2.18. The van der Waals surface area contributed by atoms with Gasteiger partial charge in [-0.05, 0) is 31.0 Å². The fourth-order valence-electron chi connectivity index (χ4n) is 2.99. The van der Waals surface area contributed by atoms with Gasteiger partial charge in [-0.2, -0.15) is 4.99 Å². The summed E-state index contributed by atoms with van der Waals surface area (Å²) in [6.07, 6.45) is 3.93. The third-order valence-corrected chi connectivity index (χ3v) is 6.28. The van der Waals surface area contributed by atoms with E-state index in [4.69, 9.17) is 4.74 Å². The summed E-state index contributed by atoms with van der Waals surface area (Å²) in [5.41, 5.74) is 0.990. The van der Waals surface area contributed by atoms with Gasteiger partial charge in [0.2, 0.25) is 5.91 Å². The number of fused-ring (bicyclic) bond motifs is 1. The van der Waals surface area contributed by atoms with Gasteiger partial charge in [0, 0.05) is 19.6 Å². The molecule has 0 aliphatic carbocycles. The van der Waals surface area contributed by atoms with Crippen molar-refractivity contribution in [3.8, 4) is 5.75 Å². The number of carbonyl (C=O) groups excluding carboxylic acids is 2. The lowest BCUT2D eigenvalue weighted by Gasteiger charge is -2.14. The maximum absolute atomic E-state index is 12.3. The lowest BCUT2D eigenvalue weighted by atomic mass is 10.3. The van der Waals surface area contributed by atoms with Crippen LogP contribution in [-0.4, -0.2) is 53.0 Å². The van der Waals surface area contributed by atoms with Gasteiger partial charge in [-0.1, -0.05) is 17.4 Å². The highest BCUT2D eigenvalue weighted by molar-refractivity contribution is 8.00. The molecule has 1 aliphatic rings. The Morgan fingerprint density at radius 3 is 2.81 bits per heavy atom. The van der Waals surface area contributed by atoms with E-state index in [0.717, 1.165) is 41.9 Å². The molecule has 0 N–H and O–H groups in total. The van der Waals surface area contributed by atoms with Crippen molar-refractivity contribution < 1.29 is 14.3 Å². The average Bonchev–Trinajstić information content (AvgIpc) is 3.30. The number of methoxy groups -OCH3 is 1. The van der Waals surface area contributed by atoms with E-state index < -0.39 is 0 Å². The number of aromatic nitrogens is 1. The van der Waals surface area contributed by atoms with Gasteiger partial charge in [-0.25, -0.2) is 0 Å². The number of benzene rings is 1. The molecule has 0 radical (unpaired) electrons. The minimum Gasteiger partial charge on any atom is -0.497 e. The SMILES string of the molecule is C=CCn1c(=NC(=O)CSCC(=O)N2CCCC2)sc2cc(OC)ccc21. The summed E-state index contributed by atoms with van der Waals surface area (Å²) < 4.78 is 8.23. The number of hydrogen-bond donors (Lipinski definition) is 0. The van der Waals surface area contributed by atoms with Crippen LogP contribution in [0.1, 0.15) is 12.8 Å². The molecule has 1 saturated heterocycles. The highest BCUT2D eigenvalue weighted by atomic mass is 32.2. The molecule has 3 rings (SSSR count). The van der Waals surface area contributed by atoms with Crippen LogP contribution in [0.2, 0.25) is 0 Å². The number of carbonyl (C=O) groups is 2. The van der Waals surface area contributed by atoms with Gasteiger partial charge in [0.25, 0.3) is 5.91 Å². The first kappa shape index (κ1) is 19.7. The van der Waals surface area contributed by atoms with Crippen LogP contribution >= 0.6 is 23.1 Å². The smallest absolute Gasteiger partial charge is 0.258 e. The predicted molar refractivity (Wildman–Crippen MR) is 110 cm³/mol. The van der Waals surface area contributed by atoms with E-state index in [1.807, 2.05) is 27.7 Å². The maximum atomic E-state index is 12.3. The van der Waals surface area contributed by atoms with E-state index in [-0.39, 0.29) is 17.6 Å². The van der Waals surface area contributed by atoms with Gasteiger partial charge in [-0.15, -0.1) is 18.3 Å². The summed E-state index contributed by atoms with van der Waals surface area (Å²) in [6.45, 7) is 6.03. The Balaban J connectivity index is 1.71. The number of likely N-dealkylation sites (tertiary alicyclic amines) is 1. The number of ether oxygens (including phenoxy) is 1. The van der Waals surface area contributed by atoms with Crippen molar-refractivity contribution in [3.05, 3.63) is 35.7 Å². The molecule has 2 aromatic rings. The molecule has 0 spiro atoms. The molecule has 6 nitrogen and oxygen atoms in total. The molecule has 0 saturated carbocycles. The Bertz CT molecular complexity index is 911. The molecule has 0 unspecified atom stereocenters. The van der Waals surface area contributed by atoms with Gasteiger partial charge < -0.3 is 14.2 Å². The van der Waals surface area contributed by atoms with Crippen LogP contribution in [0.5, 0.6) is 5.75 Å². The van der Waals surface area contributed by atoms with Gasteiger partial charge in [0.05, 0.1) is 28.8 Å². The van der Waals surface area contributed by atoms with E-state index in [1.54, 1.807) is 13.2 Å². The third-order valence-electron chi connectivity index (χ3n) is 4.33. The maximum Gasteiger partial charge on any atom is 0.258 e. The van der Waals surface area contributed by atoms with Crippen molar-refractivity contribution in [1.29, 1.82) is 0 Å². The zero-order valence-corrected chi connectivity index (χ0v) is 17.0. The van der Waals surface area contributed by atoms with Crippen LogP contribution in [0.15, 0.2) is 35.8 Å². The molecule has 0 bridgehead atoms. The fraction of sp³-hybridized carbons (Fsp3) is 0.421. The molecule has 1 aromatic carbocycles. The molecular weight excluding hydrogens is 382 g/mol. The molecule has 1 fully saturated rings. The van der Waals surface area contributed by atoms with Crippen LogP contribution in [0.3, 0.4) is 0 Å². The van der Waals surface area contributed by atoms with Crippen molar-refractivity contribution in [1.82, 2.24) is 9.47 Å². The Morgan fingerprint density at radius 1 is 1.33 bits per heavy atom. The predicted octanol–water partition coefficient (Wildman–Crippen LogP) is 2.68. The van der Waals surface area contributed by atoms with Crippen LogP contribution in [0.25, 0.3) is 10.2 Å². The summed E-state index contributed by atoms with van der Waals surface area (Å²) in [5.74, 6) is 1.18. The van der Waals surface area contributed by atoms with Gasteiger partial charge in [0.15, 0.2) is 4.80 Å². The molecule has 1 aromatic heterocycles. The second-order valence-electron chi connectivity index (χ2n) is 6.20. The second-order valence-corrected chi connectivity index (χ2v) is 8.20. The molecule has 144 valence electrons. The zero-order chi connectivity index (χ0) is 19.2. The van der Waals surface area contributed by atoms with Gasteiger partial charge in [0.1, 0.15) is 5.75 Å². The molecule has 2 amide bonds. The van der Waals surface area contributed by atoms with Gasteiger partial charge >= 0.3 is 0 Å². The van der Waals surface area contributed by atoms with E-state index in [0.29, 0.717) is 17.1 Å². The van der Waals surface area contributed by atoms with E-state index in [9.17, 15) is 9.59 Å². The summed E-state index contributed by atoms with van der Waals surface area (Å²) in [5, 5.41) is 0. The largest absolute Gasteiger partial charge is 0.497 e. The Kier molecular flexibility index (Phi) is 6.73. The molecular formula is C19H23N3O3S2. The number of amides is 2. The van der Waals surface area contributed by atoms with Crippen LogP contribution < -0.4 is 9.54 Å². The molecule has 27 heavy (non-hydrogen) atoms. The number of rotatable bonds is 7. The first-order valence-corrected chi connectivity index (χ1v) is 10.8. The third kappa shape index (κ3) is 4.81. The second kappa shape index (κ2) is 9.23. The lowest BCUT2D eigenvalue weighted by Crippen LogP contribution is -2.29. The van der Waals surface area contributed by atoms with E-state index in [2.05, 4.69) is 11.6 Å². The first-order valence-electron chi connectivity index (χ1n) is 8.83. The standard InChI is InChI=1S/C19H23N3O3S2/c1-3-8-22-15-7-6-14(25-2)11-16(15)27-19(22)20-17(23)12-26-13-18(24)21-9-4-5-10-21/h3,6-7,11H,1,4-5,8-10,12-13H2,2H3. The Hall–Kier alpha value is -2.06. The fourth-order valence-corrected chi connectivity index (χ4v) is 4.78. The van der Waals surface area contributed by atoms with E-state index in [1.165, 1.54) is 23.1 Å². The first-order chi connectivity index (χ1) is 13.1. The molecule has 8 heteroatoms. The Morgan fingerprint density at radius 2 is 2.11 bits per heavy atom. The minimum atomic E-state index is -0.231. The van der Waals surface area contributed by atoms with E-state index >= 15 is 0 Å². The monoisotopic (exact) mass is 405 g/mol. The highest BCUT2D eigenvalue weighted by Crippen LogP contribution is 2.23. The normalized spacial score (nSPS) is 14.7. The summed E-state index contributed by atoms with van der Waals surface area (Å²) in [6, 6.07) is 5.79. The van der Waals surface area contributed by atoms with Crippen molar-refractivity contribution in [3.63, 3.8) is 0 Å². The zero-order valence-electron chi connectivity index (χ0n) is 15.3. The number of hydrogen-bond acceptors (Lipinski definition) is 5. The molecule has 2 heterocycles. The number of nitrogens with zero attached hydrogens (tertiary/aromatic N) is 3. The summed E-state index contributed by atoms with van der Waals surface area (Å²) in [7, 11) is 1.63. The number of thiazole rings is 1. The van der Waals surface area contributed by atoms with Crippen molar-refractivity contribution >= 4 is 45.1 Å². The average molecular weight is 406 g/mol. The van der Waals surface area contributed by atoms with Crippen LogP contribution in [-0.2, 0) is 16.1 Å². The summed E-state index contributed by atoms with van der Waals surface area (Å²) in [4.78, 5) is 31.1. The topological polar surface area (TPSA) is 63.9 Å². The molecule has 1 aliphatic heterocycles. The Labute approximate surface area is 166 Å². The van der Waals surface area contributed by atoms with Crippen molar-refractivity contribution in [2.75, 3.05) is 31.7 Å². The number of thioether (sulfide) groups is 1. The molecule has 0 atom stereocenters.